The minimum atomic E-state index is 0.456. The van der Waals surface area contributed by atoms with E-state index in [4.69, 9.17) is 9.15 Å². The third kappa shape index (κ3) is 4.46. The van der Waals surface area contributed by atoms with Crippen LogP contribution < -0.4 is 5.32 Å². The normalized spacial score (nSPS) is 14.7. The predicted molar refractivity (Wildman–Crippen MR) is 123 cm³/mol. The van der Waals surface area contributed by atoms with Crippen LogP contribution in [0.3, 0.4) is 0 Å². The molecule has 0 radical (unpaired) electrons. The summed E-state index contributed by atoms with van der Waals surface area (Å²) < 4.78 is 10.9. The molecule has 3 aromatic heterocycles. The van der Waals surface area contributed by atoms with Crippen LogP contribution in [0.5, 0.6) is 0 Å². The van der Waals surface area contributed by atoms with Gasteiger partial charge in [-0.2, -0.15) is 0 Å². The van der Waals surface area contributed by atoms with Crippen molar-refractivity contribution in [3.8, 4) is 22.6 Å². The first-order valence-electron chi connectivity index (χ1n) is 10.9. The van der Waals surface area contributed by atoms with Gasteiger partial charge in [-0.3, -0.25) is 14.9 Å². The van der Waals surface area contributed by atoms with Crippen molar-refractivity contribution < 1.29 is 9.15 Å². The van der Waals surface area contributed by atoms with Gasteiger partial charge in [-0.15, -0.1) is 10.2 Å². The Labute approximate surface area is 186 Å². The first-order valence-corrected chi connectivity index (χ1v) is 10.9. The highest BCUT2D eigenvalue weighted by Gasteiger charge is 2.16. The second-order valence-electron chi connectivity index (χ2n) is 7.95. The minimum absolute atomic E-state index is 0.456. The molecule has 0 unspecified atom stereocenters. The van der Waals surface area contributed by atoms with Crippen molar-refractivity contribution >= 4 is 16.6 Å². The Morgan fingerprint density at radius 2 is 1.91 bits per heavy atom. The average Bonchev–Trinajstić information content (AvgIpc) is 3.37. The summed E-state index contributed by atoms with van der Waals surface area (Å²) in [4.78, 5) is 11.5. The number of rotatable bonds is 7. The van der Waals surface area contributed by atoms with Crippen LogP contribution in [0.4, 0.5) is 5.69 Å². The highest BCUT2D eigenvalue weighted by molar-refractivity contribution is 6.00. The maximum absolute atomic E-state index is 5.50. The Morgan fingerprint density at radius 1 is 1.03 bits per heavy atom. The van der Waals surface area contributed by atoms with Crippen LogP contribution in [0.1, 0.15) is 12.1 Å². The molecule has 0 spiro atoms. The van der Waals surface area contributed by atoms with Crippen molar-refractivity contribution in [1.82, 2.24) is 25.1 Å². The van der Waals surface area contributed by atoms with Gasteiger partial charge < -0.3 is 14.5 Å². The van der Waals surface area contributed by atoms with Crippen LogP contribution in [-0.2, 0) is 4.74 Å². The van der Waals surface area contributed by atoms with Crippen LogP contribution in [-0.4, -0.2) is 64.5 Å². The second kappa shape index (κ2) is 9.42. The van der Waals surface area contributed by atoms with E-state index in [2.05, 4.69) is 48.6 Å². The molecule has 1 aliphatic rings. The number of benzene rings is 1. The van der Waals surface area contributed by atoms with Gasteiger partial charge >= 0.3 is 0 Å². The van der Waals surface area contributed by atoms with Crippen molar-refractivity contribution in [1.29, 1.82) is 0 Å². The van der Waals surface area contributed by atoms with E-state index in [0.717, 1.165) is 84.8 Å². The van der Waals surface area contributed by atoms with Gasteiger partial charge in [0.1, 0.15) is 0 Å². The number of anilines is 1. The molecule has 1 fully saturated rings. The molecule has 32 heavy (non-hydrogen) atoms. The maximum atomic E-state index is 5.50. The fraction of sp³-hybridized carbons (Fsp3) is 0.333. The van der Waals surface area contributed by atoms with E-state index in [9.17, 15) is 0 Å². The molecular formula is C24H26N6O2. The Kier molecular flexibility index (Phi) is 6.04. The minimum Gasteiger partial charge on any atom is -0.423 e. The molecule has 8 nitrogen and oxygen atoms in total. The van der Waals surface area contributed by atoms with E-state index in [0.29, 0.717) is 5.89 Å². The fourth-order valence-electron chi connectivity index (χ4n) is 3.99. The molecule has 164 valence electrons. The number of ether oxygens (including phenoxy) is 1. The molecule has 0 saturated carbocycles. The summed E-state index contributed by atoms with van der Waals surface area (Å²) in [5.74, 6) is 0.456. The number of hydrogen-bond donors (Lipinski definition) is 1. The fourth-order valence-corrected chi connectivity index (χ4v) is 3.99. The molecule has 0 aliphatic carbocycles. The highest BCUT2D eigenvalue weighted by Crippen LogP contribution is 2.35. The van der Waals surface area contributed by atoms with Crippen molar-refractivity contribution in [2.24, 2.45) is 0 Å². The number of fused-ring (bicyclic) bond motifs is 1. The van der Waals surface area contributed by atoms with Gasteiger partial charge in [0.15, 0.2) is 0 Å². The second-order valence-corrected chi connectivity index (χ2v) is 7.95. The molecule has 1 N–H and O–H groups in total. The summed E-state index contributed by atoms with van der Waals surface area (Å²) in [5.41, 5.74) is 5.83. The molecule has 0 atom stereocenters. The van der Waals surface area contributed by atoms with Crippen molar-refractivity contribution in [3.05, 3.63) is 54.8 Å². The monoisotopic (exact) mass is 430 g/mol. The van der Waals surface area contributed by atoms with Gasteiger partial charge in [0.05, 0.1) is 30.0 Å². The van der Waals surface area contributed by atoms with Gasteiger partial charge in [-0.05, 0) is 43.7 Å². The van der Waals surface area contributed by atoms with E-state index in [1.54, 1.807) is 6.20 Å². The van der Waals surface area contributed by atoms with Gasteiger partial charge in [0.25, 0.3) is 5.89 Å². The molecular weight excluding hydrogens is 404 g/mol. The Morgan fingerprint density at radius 3 is 2.69 bits per heavy atom. The number of pyridine rings is 2. The smallest absolute Gasteiger partial charge is 0.251 e. The van der Waals surface area contributed by atoms with Gasteiger partial charge in [-0.25, -0.2) is 0 Å². The van der Waals surface area contributed by atoms with Crippen molar-refractivity contribution in [2.75, 3.05) is 44.7 Å². The topological polar surface area (TPSA) is 89.2 Å². The lowest BCUT2D eigenvalue weighted by Gasteiger charge is -2.26. The number of aromatic nitrogens is 4. The quantitative estimate of drug-likeness (QED) is 0.443. The zero-order valence-electron chi connectivity index (χ0n) is 18.1. The van der Waals surface area contributed by atoms with Crippen LogP contribution >= 0.6 is 0 Å². The maximum Gasteiger partial charge on any atom is 0.251 e. The molecule has 8 heteroatoms. The highest BCUT2D eigenvalue weighted by atomic mass is 16.5. The van der Waals surface area contributed by atoms with Crippen LogP contribution in [0, 0.1) is 6.92 Å². The van der Waals surface area contributed by atoms with Gasteiger partial charge in [-0.1, -0.05) is 12.1 Å². The number of nitrogens with one attached hydrogen (secondary N) is 1. The third-order valence-electron chi connectivity index (χ3n) is 5.76. The Bertz CT molecular complexity index is 1170. The summed E-state index contributed by atoms with van der Waals surface area (Å²) in [6.45, 7) is 7.49. The standard InChI is InChI=1S/C24H26N6O2/c1-17-3-4-19(14-26-17)18-5-6-22-20(13-18)23(21(15-27-22)24-29-28-16-32-24)25-7-2-8-30-9-11-31-12-10-30/h3-6,13-16H,2,7-12H2,1H3,(H,25,27). The lowest BCUT2D eigenvalue weighted by atomic mass is 10.0. The Hall–Kier alpha value is -3.36. The first kappa shape index (κ1) is 20.5. The van der Waals surface area contributed by atoms with E-state index >= 15 is 0 Å². The van der Waals surface area contributed by atoms with Crippen molar-refractivity contribution in [2.45, 2.75) is 13.3 Å². The predicted octanol–water partition coefficient (Wildman–Crippen LogP) is 3.79. The number of aryl methyl sites for hydroxylation is 1. The summed E-state index contributed by atoms with van der Waals surface area (Å²) >= 11 is 0. The van der Waals surface area contributed by atoms with Gasteiger partial charge in [0.2, 0.25) is 6.39 Å². The van der Waals surface area contributed by atoms with E-state index in [-0.39, 0.29) is 0 Å². The van der Waals surface area contributed by atoms with E-state index < -0.39 is 0 Å². The molecule has 1 saturated heterocycles. The zero-order chi connectivity index (χ0) is 21.8. The molecule has 4 heterocycles. The number of nitrogens with zero attached hydrogens (tertiary/aromatic N) is 5. The van der Waals surface area contributed by atoms with E-state index in [1.165, 1.54) is 6.39 Å². The van der Waals surface area contributed by atoms with Crippen molar-refractivity contribution in [3.63, 3.8) is 0 Å². The molecule has 0 amide bonds. The molecule has 1 aromatic carbocycles. The molecule has 0 bridgehead atoms. The Balaban J connectivity index is 1.46. The number of hydrogen-bond acceptors (Lipinski definition) is 8. The summed E-state index contributed by atoms with van der Waals surface area (Å²) in [6, 6.07) is 10.4. The van der Waals surface area contributed by atoms with Gasteiger partial charge in [0, 0.05) is 48.7 Å². The first-order chi connectivity index (χ1) is 15.8. The lowest BCUT2D eigenvalue weighted by Crippen LogP contribution is -2.37. The average molecular weight is 431 g/mol. The van der Waals surface area contributed by atoms with Crippen LogP contribution in [0.15, 0.2) is 53.5 Å². The molecule has 1 aliphatic heterocycles. The molecule has 5 rings (SSSR count). The zero-order valence-corrected chi connectivity index (χ0v) is 18.1. The van der Waals surface area contributed by atoms with E-state index in [1.807, 2.05) is 25.3 Å². The third-order valence-corrected chi connectivity index (χ3v) is 5.76. The largest absolute Gasteiger partial charge is 0.423 e. The SMILES string of the molecule is Cc1ccc(-c2ccc3ncc(-c4nnco4)c(NCCCN4CCOCC4)c3c2)cn1. The number of morpholine rings is 1. The molecule has 4 aromatic rings. The summed E-state index contributed by atoms with van der Waals surface area (Å²) in [6.07, 6.45) is 6.07. The van der Waals surface area contributed by atoms with Crippen LogP contribution in [0.25, 0.3) is 33.5 Å². The van der Waals surface area contributed by atoms with Crippen LogP contribution in [0.2, 0.25) is 0 Å². The summed E-state index contributed by atoms with van der Waals surface area (Å²) in [7, 11) is 0. The lowest BCUT2D eigenvalue weighted by molar-refractivity contribution is 0.0378. The summed E-state index contributed by atoms with van der Waals surface area (Å²) in [5, 5.41) is 12.6.